The summed E-state index contributed by atoms with van der Waals surface area (Å²) in [5.74, 6) is 1.41. The van der Waals surface area contributed by atoms with Gasteiger partial charge in [-0.15, -0.1) is 0 Å². The molecule has 1 heterocycles. The van der Waals surface area contributed by atoms with Gasteiger partial charge in [0.15, 0.2) is 5.82 Å². The molecule has 1 aromatic heterocycles. The molecule has 5 nitrogen and oxygen atoms in total. The van der Waals surface area contributed by atoms with Crippen molar-refractivity contribution in [1.29, 1.82) is 0 Å². The number of nitrogens with one attached hydrogen (secondary N) is 1. The van der Waals surface area contributed by atoms with Gasteiger partial charge in [0.25, 0.3) is 0 Å². The van der Waals surface area contributed by atoms with Gasteiger partial charge in [0.1, 0.15) is 0 Å². The van der Waals surface area contributed by atoms with Crippen molar-refractivity contribution >= 4 is 0 Å². The molecule has 1 aliphatic carbocycles. The van der Waals surface area contributed by atoms with Crippen LogP contribution in [0.5, 0.6) is 0 Å². The molecule has 96 valence electrons. The van der Waals surface area contributed by atoms with Gasteiger partial charge in [0.05, 0.1) is 6.10 Å². The summed E-state index contributed by atoms with van der Waals surface area (Å²) < 4.78 is 10.6. The van der Waals surface area contributed by atoms with Gasteiger partial charge >= 0.3 is 0 Å². The lowest BCUT2D eigenvalue weighted by molar-refractivity contribution is 0.0419. The van der Waals surface area contributed by atoms with Crippen molar-refractivity contribution in [2.45, 2.75) is 51.2 Å². The summed E-state index contributed by atoms with van der Waals surface area (Å²) in [6, 6.07) is 0.470. The first kappa shape index (κ1) is 12.5. The van der Waals surface area contributed by atoms with Crippen LogP contribution >= 0.6 is 0 Å². The van der Waals surface area contributed by atoms with Crippen molar-refractivity contribution in [2.24, 2.45) is 0 Å². The van der Waals surface area contributed by atoms with Crippen molar-refractivity contribution in [2.75, 3.05) is 13.7 Å². The fourth-order valence-electron chi connectivity index (χ4n) is 2.42. The normalized spacial score (nSPS) is 25.1. The van der Waals surface area contributed by atoms with E-state index in [2.05, 4.69) is 15.5 Å². The van der Waals surface area contributed by atoms with Gasteiger partial charge in [-0.05, 0) is 19.8 Å². The first-order valence-electron chi connectivity index (χ1n) is 6.35. The second kappa shape index (κ2) is 6.12. The number of rotatable bonds is 5. The lowest BCUT2D eigenvalue weighted by Gasteiger charge is -2.31. The van der Waals surface area contributed by atoms with Crippen LogP contribution in [-0.2, 0) is 11.2 Å². The van der Waals surface area contributed by atoms with E-state index in [0.717, 1.165) is 19.4 Å². The van der Waals surface area contributed by atoms with E-state index in [9.17, 15) is 0 Å². The molecule has 0 radical (unpaired) electrons. The highest BCUT2D eigenvalue weighted by atomic mass is 16.5. The Morgan fingerprint density at radius 1 is 1.41 bits per heavy atom. The second-order valence-corrected chi connectivity index (χ2v) is 4.60. The van der Waals surface area contributed by atoms with E-state index in [1.54, 1.807) is 7.11 Å². The molecule has 0 amide bonds. The van der Waals surface area contributed by atoms with Crippen LogP contribution in [0, 0.1) is 6.92 Å². The number of hydrogen-bond donors (Lipinski definition) is 1. The van der Waals surface area contributed by atoms with Crippen molar-refractivity contribution < 1.29 is 9.26 Å². The smallest absolute Gasteiger partial charge is 0.227 e. The molecule has 5 heteroatoms. The molecule has 2 atom stereocenters. The lowest BCUT2D eigenvalue weighted by atomic mass is 9.92. The third-order valence-corrected chi connectivity index (χ3v) is 3.32. The fraction of sp³-hybridized carbons (Fsp3) is 0.833. The van der Waals surface area contributed by atoms with Crippen LogP contribution in [-0.4, -0.2) is 35.9 Å². The van der Waals surface area contributed by atoms with E-state index in [1.807, 2.05) is 6.92 Å². The average Bonchev–Trinajstić information content (AvgIpc) is 2.76. The largest absolute Gasteiger partial charge is 0.380 e. The van der Waals surface area contributed by atoms with Gasteiger partial charge in [0.2, 0.25) is 5.89 Å². The summed E-state index contributed by atoms with van der Waals surface area (Å²) in [6.07, 6.45) is 6.06. The number of aromatic nitrogens is 2. The van der Waals surface area contributed by atoms with Gasteiger partial charge < -0.3 is 14.6 Å². The molecule has 1 saturated carbocycles. The number of ether oxygens (including phenoxy) is 1. The highest BCUT2D eigenvalue weighted by Crippen LogP contribution is 2.20. The Bertz CT molecular complexity index is 340. The van der Waals surface area contributed by atoms with Gasteiger partial charge in [-0.25, -0.2) is 0 Å². The summed E-state index contributed by atoms with van der Waals surface area (Å²) >= 11 is 0. The first-order chi connectivity index (χ1) is 8.29. The number of methoxy groups -OCH3 is 1. The minimum Gasteiger partial charge on any atom is -0.380 e. The molecule has 1 aromatic rings. The zero-order valence-corrected chi connectivity index (χ0v) is 10.6. The van der Waals surface area contributed by atoms with Crippen molar-refractivity contribution in [1.82, 2.24) is 15.5 Å². The molecule has 1 aliphatic rings. The molecule has 0 bridgehead atoms. The molecule has 17 heavy (non-hydrogen) atoms. The Morgan fingerprint density at radius 2 is 2.24 bits per heavy atom. The van der Waals surface area contributed by atoms with E-state index in [-0.39, 0.29) is 0 Å². The molecule has 2 rings (SSSR count). The Hall–Kier alpha value is -0.940. The van der Waals surface area contributed by atoms with Crippen LogP contribution in [0.4, 0.5) is 0 Å². The number of nitrogens with zero attached hydrogens (tertiary/aromatic N) is 2. The quantitative estimate of drug-likeness (QED) is 0.843. The molecule has 0 spiro atoms. The highest BCUT2D eigenvalue weighted by molar-refractivity contribution is 4.86. The predicted octanol–water partition coefficient (Wildman–Crippen LogP) is 1.47. The van der Waals surface area contributed by atoms with Crippen molar-refractivity contribution in [3.8, 4) is 0 Å². The molecule has 0 saturated heterocycles. The maximum atomic E-state index is 5.50. The minimum absolute atomic E-state index is 0.355. The van der Waals surface area contributed by atoms with E-state index in [4.69, 9.17) is 9.26 Å². The molecular weight excluding hydrogens is 218 g/mol. The zero-order valence-electron chi connectivity index (χ0n) is 10.6. The molecule has 0 aliphatic heterocycles. The molecule has 0 aromatic carbocycles. The van der Waals surface area contributed by atoms with Gasteiger partial charge in [-0.1, -0.05) is 18.0 Å². The zero-order chi connectivity index (χ0) is 12.1. The number of aryl methyl sites for hydroxylation is 1. The summed E-state index contributed by atoms with van der Waals surface area (Å²) in [4.78, 5) is 4.18. The Balaban J connectivity index is 1.73. The van der Waals surface area contributed by atoms with Crippen molar-refractivity contribution in [3.63, 3.8) is 0 Å². The molecule has 2 unspecified atom stereocenters. The minimum atomic E-state index is 0.355. The molecular formula is C12H21N3O2. The van der Waals surface area contributed by atoms with Gasteiger partial charge in [0, 0.05) is 26.1 Å². The number of hydrogen-bond acceptors (Lipinski definition) is 5. The van der Waals surface area contributed by atoms with E-state index >= 15 is 0 Å². The van der Waals surface area contributed by atoms with E-state index in [0.29, 0.717) is 23.9 Å². The monoisotopic (exact) mass is 239 g/mol. The SMILES string of the molecule is COC1CCCCC1NCCc1nc(C)no1. The summed E-state index contributed by atoms with van der Waals surface area (Å²) in [5.41, 5.74) is 0. The average molecular weight is 239 g/mol. The Morgan fingerprint density at radius 3 is 2.94 bits per heavy atom. The topological polar surface area (TPSA) is 60.2 Å². The molecule has 1 N–H and O–H groups in total. The van der Waals surface area contributed by atoms with Crippen LogP contribution in [0.2, 0.25) is 0 Å². The third-order valence-electron chi connectivity index (χ3n) is 3.32. The van der Waals surface area contributed by atoms with E-state index in [1.165, 1.54) is 19.3 Å². The Labute approximate surface area is 102 Å². The predicted molar refractivity (Wildman–Crippen MR) is 63.8 cm³/mol. The van der Waals surface area contributed by atoms with E-state index < -0.39 is 0 Å². The van der Waals surface area contributed by atoms with Gasteiger partial charge in [-0.2, -0.15) is 4.98 Å². The lowest BCUT2D eigenvalue weighted by Crippen LogP contribution is -2.43. The van der Waals surface area contributed by atoms with Crippen LogP contribution in [0.1, 0.15) is 37.4 Å². The summed E-state index contributed by atoms with van der Waals surface area (Å²) in [7, 11) is 1.80. The summed E-state index contributed by atoms with van der Waals surface area (Å²) in [6.45, 7) is 2.70. The van der Waals surface area contributed by atoms with Crippen LogP contribution in [0.3, 0.4) is 0 Å². The fourth-order valence-corrected chi connectivity index (χ4v) is 2.42. The molecule has 1 fully saturated rings. The third kappa shape index (κ3) is 3.51. The maximum absolute atomic E-state index is 5.50. The van der Waals surface area contributed by atoms with Crippen LogP contribution in [0.25, 0.3) is 0 Å². The highest BCUT2D eigenvalue weighted by Gasteiger charge is 2.24. The second-order valence-electron chi connectivity index (χ2n) is 4.60. The summed E-state index contributed by atoms with van der Waals surface area (Å²) in [5, 5.41) is 7.30. The standard InChI is InChI=1S/C12H21N3O2/c1-9-14-12(17-15-9)7-8-13-10-5-3-4-6-11(10)16-2/h10-11,13H,3-8H2,1-2H3. The maximum Gasteiger partial charge on any atom is 0.227 e. The van der Waals surface area contributed by atoms with Crippen molar-refractivity contribution in [3.05, 3.63) is 11.7 Å². The Kier molecular flexibility index (Phi) is 4.50. The van der Waals surface area contributed by atoms with Crippen LogP contribution in [0.15, 0.2) is 4.52 Å². The van der Waals surface area contributed by atoms with Crippen LogP contribution < -0.4 is 5.32 Å². The van der Waals surface area contributed by atoms with Gasteiger partial charge in [-0.3, -0.25) is 0 Å². The first-order valence-corrected chi connectivity index (χ1v) is 6.35.